The summed E-state index contributed by atoms with van der Waals surface area (Å²) in [5, 5.41) is 4.91. The lowest BCUT2D eigenvalue weighted by molar-refractivity contribution is -0.113. The Morgan fingerprint density at radius 1 is 1.11 bits per heavy atom. The number of carbonyl (C=O) groups excluding carboxylic acids is 1. The van der Waals surface area contributed by atoms with Crippen LogP contribution in [0.1, 0.15) is 12.5 Å². The van der Waals surface area contributed by atoms with Gasteiger partial charge >= 0.3 is 0 Å². The molecule has 0 saturated carbocycles. The van der Waals surface area contributed by atoms with Gasteiger partial charge in [-0.3, -0.25) is 9.59 Å². The van der Waals surface area contributed by atoms with Crippen molar-refractivity contribution in [2.24, 2.45) is 0 Å². The van der Waals surface area contributed by atoms with Crippen LogP contribution in [0.5, 0.6) is 0 Å². The summed E-state index contributed by atoms with van der Waals surface area (Å²) in [6, 6.07) is 14.7. The second-order valence-electron chi connectivity index (χ2n) is 6.32. The summed E-state index contributed by atoms with van der Waals surface area (Å²) in [4.78, 5) is 32.6. The van der Waals surface area contributed by atoms with E-state index in [1.807, 2.05) is 37.3 Å². The maximum Gasteiger partial charge on any atom is 0.291 e. The van der Waals surface area contributed by atoms with Gasteiger partial charge in [-0.15, -0.1) is 5.10 Å². The Morgan fingerprint density at radius 2 is 1.93 bits per heavy atom. The first-order chi connectivity index (χ1) is 13.6. The second kappa shape index (κ2) is 6.25. The van der Waals surface area contributed by atoms with Crippen molar-refractivity contribution in [1.29, 1.82) is 0 Å². The molecule has 8 heteroatoms. The van der Waals surface area contributed by atoms with E-state index in [2.05, 4.69) is 10.1 Å². The van der Waals surface area contributed by atoms with Crippen LogP contribution in [0.4, 0.5) is 5.69 Å². The molecule has 0 N–H and O–H groups in total. The van der Waals surface area contributed by atoms with Crippen LogP contribution in [0, 0.1) is 0 Å². The van der Waals surface area contributed by atoms with Crippen LogP contribution in [0.15, 0.2) is 53.3 Å². The molecule has 0 atom stereocenters. The van der Waals surface area contributed by atoms with Gasteiger partial charge in [-0.1, -0.05) is 53.3 Å². The number of aromatic nitrogens is 3. The lowest BCUT2D eigenvalue weighted by atomic mass is 10.1. The average Bonchev–Trinajstić information content (AvgIpc) is 3.32. The van der Waals surface area contributed by atoms with E-state index in [0.29, 0.717) is 32.5 Å². The molecular weight excluding hydrogens is 396 g/mol. The number of halogens is 1. The molecule has 0 radical (unpaired) electrons. The zero-order chi connectivity index (χ0) is 19.4. The average molecular weight is 409 g/mol. The van der Waals surface area contributed by atoms with E-state index in [9.17, 15) is 9.59 Å². The van der Waals surface area contributed by atoms with Crippen molar-refractivity contribution < 1.29 is 4.79 Å². The summed E-state index contributed by atoms with van der Waals surface area (Å²) in [6.45, 7) is 2.45. The molecule has 0 fully saturated rings. The number of para-hydroxylation sites is 1. The SMILES string of the molecule is CCN1C(=O)C(=c2sc3nc(-c4cccc(Cl)c4)nn3c2=O)c2ccccc21. The van der Waals surface area contributed by atoms with E-state index >= 15 is 0 Å². The number of likely N-dealkylation sites (N-methyl/N-ethyl adjacent to an activating group) is 1. The molecule has 0 unspecified atom stereocenters. The number of carbonyl (C=O) groups is 1. The fourth-order valence-corrected chi connectivity index (χ4v) is 4.64. The number of anilines is 1. The molecule has 138 valence electrons. The number of benzene rings is 2. The summed E-state index contributed by atoms with van der Waals surface area (Å²) in [5.41, 5.74) is 2.41. The predicted octanol–water partition coefficient (Wildman–Crippen LogP) is 2.76. The third-order valence-corrected chi connectivity index (χ3v) is 5.97. The van der Waals surface area contributed by atoms with Gasteiger partial charge < -0.3 is 4.90 Å². The maximum absolute atomic E-state index is 13.0. The Bertz CT molecular complexity index is 1370. The standard InChI is InChI=1S/C20H13ClN4O2S/c1-2-24-14-9-4-3-8-13(14)15(18(24)26)16-19(27)25-20(28-16)22-17(23-25)11-6-5-7-12(21)10-11/h3-10H,2H2,1H3. The van der Waals surface area contributed by atoms with Crippen LogP contribution in [0.3, 0.4) is 0 Å². The Hall–Kier alpha value is -3.03. The highest BCUT2D eigenvalue weighted by atomic mass is 35.5. The van der Waals surface area contributed by atoms with Crippen LogP contribution in [0.25, 0.3) is 21.9 Å². The zero-order valence-electron chi connectivity index (χ0n) is 14.7. The number of rotatable bonds is 2. The molecule has 4 aromatic rings. The quantitative estimate of drug-likeness (QED) is 0.511. The molecule has 1 amide bonds. The number of hydrogen-bond donors (Lipinski definition) is 0. The molecule has 0 aliphatic carbocycles. The minimum atomic E-state index is -0.336. The molecule has 2 aromatic heterocycles. The number of thiazole rings is 1. The van der Waals surface area contributed by atoms with Crippen LogP contribution in [-0.4, -0.2) is 27.0 Å². The van der Waals surface area contributed by atoms with E-state index < -0.39 is 0 Å². The molecule has 0 spiro atoms. The third-order valence-electron chi connectivity index (χ3n) is 4.71. The van der Waals surface area contributed by atoms with E-state index in [4.69, 9.17) is 11.6 Å². The van der Waals surface area contributed by atoms with Crippen molar-refractivity contribution in [2.75, 3.05) is 11.4 Å². The number of fused-ring (bicyclic) bond motifs is 2. The van der Waals surface area contributed by atoms with Gasteiger partial charge in [-0.2, -0.15) is 9.50 Å². The van der Waals surface area contributed by atoms with Crippen molar-refractivity contribution >= 4 is 45.1 Å². The zero-order valence-corrected chi connectivity index (χ0v) is 16.3. The fraction of sp³-hybridized carbons (Fsp3) is 0.100. The molecule has 2 aromatic carbocycles. The fourth-order valence-electron chi connectivity index (χ4n) is 3.45. The second-order valence-corrected chi connectivity index (χ2v) is 7.73. The van der Waals surface area contributed by atoms with Crippen LogP contribution in [0.2, 0.25) is 5.02 Å². The van der Waals surface area contributed by atoms with Crippen molar-refractivity contribution in [3.8, 4) is 11.4 Å². The summed E-state index contributed by atoms with van der Waals surface area (Å²) in [7, 11) is 0. The van der Waals surface area contributed by atoms with Gasteiger partial charge in [0.15, 0.2) is 5.82 Å². The van der Waals surface area contributed by atoms with Crippen molar-refractivity contribution in [2.45, 2.75) is 6.92 Å². The van der Waals surface area contributed by atoms with Crippen LogP contribution < -0.4 is 15.0 Å². The summed E-state index contributed by atoms with van der Waals surface area (Å²) in [5.74, 6) is 0.260. The van der Waals surface area contributed by atoms with Crippen LogP contribution in [-0.2, 0) is 4.79 Å². The highest BCUT2D eigenvalue weighted by Gasteiger charge is 2.33. The molecule has 1 aliphatic heterocycles. The molecule has 3 heterocycles. The number of nitrogens with zero attached hydrogens (tertiary/aromatic N) is 4. The minimum absolute atomic E-state index is 0.166. The normalized spacial score (nSPS) is 15.5. The van der Waals surface area contributed by atoms with Crippen molar-refractivity contribution in [3.05, 3.63) is 74.0 Å². The van der Waals surface area contributed by atoms with Gasteiger partial charge in [-0.25, -0.2) is 0 Å². The highest BCUT2D eigenvalue weighted by molar-refractivity contribution is 7.15. The van der Waals surface area contributed by atoms with Crippen molar-refractivity contribution in [3.63, 3.8) is 0 Å². The Morgan fingerprint density at radius 3 is 2.68 bits per heavy atom. The van der Waals surface area contributed by atoms with Gasteiger partial charge in [0.2, 0.25) is 4.96 Å². The third kappa shape index (κ3) is 2.40. The number of amides is 1. The predicted molar refractivity (Wildman–Crippen MR) is 110 cm³/mol. The molecular formula is C20H13ClN4O2S. The maximum atomic E-state index is 13.0. The highest BCUT2D eigenvalue weighted by Crippen LogP contribution is 2.34. The van der Waals surface area contributed by atoms with Gasteiger partial charge in [0.1, 0.15) is 4.53 Å². The summed E-state index contributed by atoms with van der Waals surface area (Å²) < 4.78 is 1.62. The number of hydrogen-bond acceptors (Lipinski definition) is 5. The van der Waals surface area contributed by atoms with Gasteiger partial charge in [0, 0.05) is 22.7 Å². The molecule has 5 rings (SSSR count). The van der Waals surface area contributed by atoms with E-state index in [-0.39, 0.29) is 11.5 Å². The minimum Gasteiger partial charge on any atom is -0.308 e. The first kappa shape index (κ1) is 17.1. The molecule has 28 heavy (non-hydrogen) atoms. The topological polar surface area (TPSA) is 67.6 Å². The smallest absolute Gasteiger partial charge is 0.291 e. The molecule has 1 aliphatic rings. The van der Waals surface area contributed by atoms with E-state index in [1.54, 1.807) is 23.1 Å². The first-order valence-corrected chi connectivity index (χ1v) is 9.89. The first-order valence-electron chi connectivity index (χ1n) is 8.69. The summed E-state index contributed by atoms with van der Waals surface area (Å²) in [6.07, 6.45) is 0. The summed E-state index contributed by atoms with van der Waals surface area (Å²) >= 11 is 7.21. The van der Waals surface area contributed by atoms with Gasteiger partial charge in [-0.05, 0) is 25.1 Å². The van der Waals surface area contributed by atoms with Crippen LogP contribution >= 0.6 is 22.9 Å². The Balaban J connectivity index is 1.75. The lowest BCUT2D eigenvalue weighted by Crippen LogP contribution is -2.32. The van der Waals surface area contributed by atoms with Gasteiger partial charge in [0.05, 0.1) is 11.3 Å². The largest absolute Gasteiger partial charge is 0.308 e. The van der Waals surface area contributed by atoms with Crippen molar-refractivity contribution in [1.82, 2.24) is 14.6 Å². The Kier molecular flexibility index (Phi) is 3.82. The van der Waals surface area contributed by atoms with E-state index in [0.717, 1.165) is 16.8 Å². The molecule has 0 saturated heterocycles. The molecule has 6 nitrogen and oxygen atoms in total. The molecule has 0 bridgehead atoms. The van der Waals surface area contributed by atoms with Gasteiger partial charge in [0.25, 0.3) is 11.5 Å². The monoisotopic (exact) mass is 408 g/mol. The van der Waals surface area contributed by atoms with E-state index in [1.165, 1.54) is 15.9 Å². The Labute approximate surface area is 168 Å². The lowest BCUT2D eigenvalue weighted by Gasteiger charge is -2.13.